The van der Waals surface area contributed by atoms with E-state index in [2.05, 4.69) is 4.98 Å². The molecule has 0 spiro atoms. The van der Waals surface area contributed by atoms with E-state index in [1.165, 1.54) is 6.07 Å². The number of phosphoric ester groups is 1. The molecule has 30 heavy (non-hydrogen) atoms. The summed E-state index contributed by atoms with van der Waals surface area (Å²) in [6, 6.07) is 6.52. The molecule has 1 fully saturated rings. The van der Waals surface area contributed by atoms with Crippen molar-refractivity contribution in [1.82, 2.24) is 9.55 Å². The molecule has 1 unspecified atom stereocenters. The monoisotopic (exact) mass is 481 g/mol. The van der Waals surface area contributed by atoms with Gasteiger partial charge in [-0.15, -0.1) is 0 Å². The number of ether oxygens (including phenoxy) is 1. The average Bonchev–Trinajstić information content (AvgIpc) is 2.90. The zero-order valence-corrected chi connectivity index (χ0v) is 17.3. The van der Waals surface area contributed by atoms with Gasteiger partial charge in [0.05, 0.1) is 7.98 Å². The highest BCUT2D eigenvalue weighted by Gasteiger charge is 2.57. The Bertz CT molecular complexity index is 1200. The molecular formula is C16H15ClFN2O8PS. The summed E-state index contributed by atoms with van der Waals surface area (Å²) >= 11 is 10.6. The highest BCUT2D eigenvalue weighted by Crippen LogP contribution is 2.55. The van der Waals surface area contributed by atoms with Gasteiger partial charge in [0, 0.05) is 11.8 Å². The topological polar surface area (TPSA) is 132 Å². The molecule has 3 heterocycles. The number of aromatic amines is 1. The Labute approximate surface area is 179 Å². The van der Waals surface area contributed by atoms with Crippen LogP contribution in [0.1, 0.15) is 13.1 Å². The summed E-state index contributed by atoms with van der Waals surface area (Å²) in [4.78, 5) is 13.7. The van der Waals surface area contributed by atoms with Gasteiger partial charge in [0.1, 0.15) is 29.6 Å². The van der Waals surface area contributed by atoms with Crippen LogP contribution in [0.2, 0.25) is 5.02 Å². The number of nitrogens with one attached hydrogen (secondary N) is 1. The maximum atomic E-state index is 15.4. The smallest absolute Gasteiger partial charge is 0.404 e. The minimum atomic E-state index is -4.29. The first kappa shape index (κ1) is 20.3. The van der Waals surface area contributed by atoms with E-state index in [1.54, 1.807) is 18.2 Å². The number of phosphoric acid groups is 1. The standard InChI is InChI=1S/C16H15ClFN2O8PS/c17-9-5-20(15(30)19-13(9)23)14-11(21)12(22)16(18,27-14)7-26-29(24)25-6-8-3-1-2-4-10(8)28-29/h1-5,11-12,14,21-22H,6-7H2,(H,19,23,30)/t11-,12+,14-,16-,29?/m1/s1/i14D. The number of aliphatic hydroxyl groups is 2. The molecule has 1 aromatic carbocycles. The molecule has 2 aromatic rings. The summed E-state index contributed by atoms with van der Waals surface area (Å²) in [6.45, 7) is -1.36. The van der Waals surface area contributed by atoms with Crippen molar-refractivity contribution < 1.29 is 38.8 Å². The van der Waals surface area contributed by atoms with Crippen molar-refractivity contribution in [2.45, 2.75) is 30.9 Å². The summed E-state index contributed by atoms with van der Waals surface area (Å²) in [5.74, 6) is -3.01. The van der Waals surface area contributed by atoms with Crippen LogP contribution in [0.25, 0.3) is 0 Å². The zero-order valence-electron chi connectivity index (χ0n) is 15.9. The Morgan fingerprint density at radius 1 is 1.50 bits per heavy atom. The minimum Gasteiger partial charge on any atom is -0.404 e. The average molecular weight is 482 g/mol. The molecule has 2 aliphatic heterocycles. The molecular weight excluding hydrogens is 466 g/mol. The summed E-state index contributed by atoms with van der Waals surface area (Å²) < 4.78 is 56.9. The first-order valence-electron chi connectivity index (χ1n) is 8.91. The second kappa shape index (κ2) is 7.81. The molecule has 10 nitrogen and oxygen atoms in total. The number of para-hydroxylation sites is 1. The molecule has 0 bridgehead atoms. The molecule has 162 valence electrons. The molecule has 3 N–H and O–H groups in total. The van der Waals surface area contributed by atoms with Crippen molar-refractivity contribution in [3.05, 3.63) is 56.2 Å². The van der Waals surface area contributed by atoms with E-state index < -0.39 is 54.0 Å². The van der Waals surface area contributed by atoms with Gasteiger partial charge in [0.25, 0.3) is 11.4 Å². The van der Waals surface area contributed by atoms with Crippen molar-refractivity contribution >= 4 is 31.6 Å². The predicted octanol–water partition coefficient (Wildman–Crippen LogP) is 2.21. The second-order valence-corrected chi connectivity index (χ2v) is 8.80. The maximum Gasteiger partial charge on any atom is 0.530 e. The van der Waals surface area contributed by atoms with Crippen LogP contribution in [0.4, 0.5) is 4.39 Å². The highest BCUT2D eigenvalue weighted by atomic mass is 35.5. The Hall–Kier alpha value is -1.63. The van der Waals surface area contributed by atoms with Gasteiger partial charge < -0.3 is 19.5 Å². The Morgan fingerprint density at radius 2 is 2.23 bits per heavy atom. The SMILES string of the molecule is [2H][C@@]1(n2cc(Cl)c(=O)[nH]c2=S)O[C@](F)(COP2(=O)OCc3ccccc3O2)[C@@H](O)[C@H]1O. The number of hydrogen-bond donors (Lipinski definition) is 3. The first-order chi connectivity index (χ1) is 14.5. The normalized spacial score (nSPS) is 36.1. The van der Waals surface area contributed by atoms with E-state index in [4.69, 9.17) is 43.5 Å². The number of benzene rings is 1. The largest absolute Gasteiger partial charge is 0.530 e. The fraction of sp³-hybridized carbons (Fsp3) is 0.375. The fourth-order valence-corrected chi connectivity index (χ4v) is 4.43. The van der Waals surface area contributed by atoms with E-state index >= 15 is 4.39 Å². The van der Waals surface area contributed by atoms with Crippen LogP contribution < -0.4 is 10.1 Å². The van der Waals surface area contributed by atoms with Gasteiger partial charge in [-0.25, -0.2) is 8.96 Å². The molecule has 0 radical (unpaired) electrons. The van der Waals surface area contributed by atoms with Crippen molar-refractivity contribution in [2.75, 3.05) is 6.61 Å². The third-order valence-electron chi connectivity index (χ3n) is 4.38. The number of H-pyrrole nitrogens is 1. The third-order valence-corrected chi connectivity index (χ3v) is 6.26. The number of nitrogens with zero attached hydrogens (tertiary/aromatic N) is 1. The minimum absolute atomic E-state index is 0.133. The molecule has 5 atom stereocenters. The van der Waals surface area contributed by atoms with Crippen molar-refractivity contribution in [3.8, 4) is 5.75 Å². The first-order valence-corrected chi connectivity index (χ1v) is 10.7. The van der Waals surface area contributed by atoms with Crippen molar-refractivity contribution in [1.29, 1.82) is 0 Å². The Balaban J connectivity index is 1.57. The molecule has 0 amide bonds. The van der Waals surface area contributed by atoms with Crippen molar-refractivity contribution in [3.63, 3.8) is 0 Å². The van der Waals surface area contributed by atoms with Gasteiger partial charge in [-0.2, -0.15) is 0 Å². The van der Waals surface area contributed by atoms with E-state index in [0.717, 1.165) is 6.20 Å². The molecule has 1 saturated heterocycles. The third kappa shape index (κ3) is 3.85. The van der Waals surface area contributed by atoms with Crippen LogP contribution in [-0.2, 0) is 25.0 Å². The van der Waals surface area contributed by atoms with Gasteiger partial charge >= 0.3 is 7.82 Å². The van der Waals surface area contributed by atoms with Crippen LogP contribution in [0.15, 0.2) is 35.3 Å². The number of alkyl halides is 1. The number of fused-ring (bicyclic) bond motifs is 1. The van der Waals surface area contributed by atoms with Gasteiger partial charge in [-0.3, -0.25) is 23.4 Å². The van der Waals surface area contributed by atoms with Gasteiger partial charge in [-0.05, 0) is 18.3 Å². The lowest BCUT2D eigenvalue weighted by molar-refractivity contribution is -0.205. The Morgan fingerprint density at radius 3 is 3.00 bits per heavy atom. The lowest BCUT2D eigenvalue weighted by Gasteiger charge is -2.28. The quantitative estimate of drug-likeness (QED) is 0.444. The maximum absolute atomic E-state index is 15.4. The summed E-state index contributed by atoms with van der Waals surface area (Å²) in [6.07, 6.45) is -6.42. The van der Waals surface area contributed by atoms with E-state index in [0.29, 0.717) is 10.1 Å². The second-order valence-electron chi connectivity index (χ2n) is 6.42. The lowest BCUT2D eigenvalue weighted by atomic mass is 10.1. The number of aliphatic hydroxyl groups excluding tert-OH is 2. The van der Waals surface area contributed by atoms with Crippen LogP contribution in [-0.4, -0.2) is 44.4 Å². The van der Waals surface area contributed by atoms with Crippen molar-refractivity contribution in [2.24, 2.45) is 0 Å². The summed E-state index contributed by atoms with van der Waals surface area (Å²) in [5, 5.41) is 20.1. The number of hydrogen-bond acceptors (Lipinski definition) is 9. The van der Waals surface area contributed by atoms with E-state index in [9.17, 15) is 19.6 Å². The Kier molecular flexibility index (Phi) is 5.28. The molecule has 0 saturated carbocycles. The predicted molar refractivity (Wildman–Crippen MR) is 102 cm³/mol. The fourth-order valence-electron chi connectivity index (χ4n) is 2.82. The van der Waals surface area contributed by atoms with Gasteiger partial charge in [0.15, 0.2) is 11.0 Å². The van der Waals surface area contributed by atoms with Crippen LogP contribution in [0.3, 0.4) is 0 Å². The lowest BCUT2D eigenvalue weighted by Crippen LogP contribution is -2.43. The van der Waals surface area contributed by atoms with E-state index in [1.807, 2.05) is 0 Å². The number of aromatic nitrogens is 2. The van der Waals surface area contributed by atoms with Crippen LogP contribution in [0.5, 0.6) is 5.75 Å². The summed E-state index contributed by atoms with van der Waals surface area (Å²) in [7, 11) is -4.29. The van der Waals surface area contributed by atoms with E-state index in [-0.39, 0.29) is 12.4 Å². The van der Waals surface area contributed by atoms with Gasteiger partial charge in [0.2, 0.25) is 0 Å². The van der Waals surface area contributed by atoms with Crippen LogP contribution >= 0.6 is 31.6 Å². The molecule has 4 rings (SSSR count). The van der Waals surface area contributed by atoms with Gasteiger partial charge in [-0.1, -0.05) is 29.8 Å². The molecule has 1 aromatic heterocycles. The number of halogens is 2. The summed E-state index contributed by atoms with van der Waals surface area (Å²) in [5.41, 5.74) is -0.186. The number of rotatable bonds is 4. The zero-order chi connectivity index (χ0) is 22.6. The molecule has 2 aliphatic rings. The molecule has 0 aliphatic carbocycles. The highest BCUT2D eigenvalue weighted by molar-refractivity contribution is 7.71. The van der Waals surface area contributed by atoms with Crippen LogP contribution in [0, 0.1) is 4.77 Å². The molecule has 14 heteroatoms.